The zero-order valence-corrected chi connectivity index (χ0v) is 10.9. The van der Waals surface area contributed by atoms with Crippen LogP contribution in [0.5, 0.6) is 0 Å². The average molecular weight is 317 g/mol. The van der Waals surface area contributed by atoms with Crippen molar-refractivity contribution < 1.29 is 19.2 Å². The molecule has 0 atom stereocenters. The monoisotopic (exact) mass is 316 g/mol. The van der Waals surface area contributed by atoms with Crippen molar-refractivity contribution in [1.82, 2.24) is 0 Å². The second-order valence-corrected chi connectivity index (χ2v) is 3.77. The molecule has 1 rings (SSSR count). The summed E-state index contributed by atoms with van der Waals surface area (Å²) in [5, 5.41) is 10.5. The standard InChI is InChI=1S/C10H9BrN2O5/c1-12(10(15)18-9(14)6-11)7-3-2-4-8(5-7)13(16)17/h2-5H,6H2,1H3. The lowest BCUT2D eigenvalue weighted by Gasteiger charge is -2.15. The van der Waals surface area contributed by atoms with Gasteiger partial charge in [0.15, 0.2) is 0 Å². The van der Waals surface area contributed by atoms with E-state index in [2.05, 4.69) is 20.7 Å². The van der Waals surface area contributed by atoms with Crippen LogP contribution in [-0.4, -0.2) is 29.4 Å². The molecule has 0 aliphatic heterocycles. The maximum absolute atomic E-state index is 11.5. The Morgan fingerprint density at radius 3 is 2.72 bits per heavy atom. The molecule has 0 aliphatic rings. The summed E-state index contributed by atoms with van der Waals surface area (Å²) in [6.07, 6.45) is -0.903. The van der Waals surface area contributed by atoms with Crippen molar-refractivity contribution in [2.75, 3.05) is 17.3 Å². The number of nitro benzene ring substituents is 1. The number of esters is 1. The maximum Gasteiger partial charge on any atom is 0.421 e. The third kappa shape index (κ3) is 3.52. The number of anilines is 1. The number of halogens is 1. The van der Waals surface area contributed by atoms with Crippen LogP contribution >= 0.6 is 15.9 Å². The molecule has 1 aromatic carbocycles. The van der Waals surface area contributed by atoms with Gasteiger partial charge in [-0.05, 0) is 6.07 Å². The lowest BCUT2D eigenvalue weighted by atomic mass is 10.2. The number of nitrogens with zero attached hydrogens (tertiary/aromatic N) is 2. The fourth-order valence-electron chi connectivity index (χ4n) is 1.11. The zero-order chi connectivity index (χ0) is 13.7. The van der Waals surface area contributed by atoms with E-state index in [-0.39, 0.29) is 16.7 Å². The van der Waals surface area contributed by atoms with Gasteiger partial charge in [-0.3, -0.25) is 19.8 Å². The third-order valence-electron chi connectivity index (χ3n) is 2.01. The van der Waals surface area contributed by atoms with Crippen molar-refractivity contribution in [2.24, 2.45) is 0 Å². The number of carbonyl (C=O) groups is 2. The summed E-state index contributed by atoms with van der Waals surface area (Å²) in [6.45, 7) is 0. The van der Waals surface area contributed by atoms with Crippen molar-refractivity contribution in [1.29, 1.82) is 0 Å². The number of hydrogen-bond acceptors (Lipinski definition) is 5. The quantitative estimate of drug-likeness (QED) is 0.280. The lowest BCUT2D eigenvalue weighted by Crippen LogP contribution is -2.29. The van der Waals surface area contributed by atoms with E-state index in [0.717, 1.165) is 4.90 Å². The molecule has 0 heterocycles. The Labute approximate surface area is 111 Å². The van der Waals surface area contributed by atoms with Gasteiger partial charge in [-0.15, -0.1) is 0 Å². The van der Waals surface area contributed by atoms with Gasteiger partial charge in [0, 0.05) is 19.2 Å². The molecular weight excluding hydrogens is 308 g/mol. The Bertz CT molecular complexity index is 491. The normalized spacial score (nSPS) is 9.67. The van der Waals surface area contributed by atoms with E-state index in [1.54, 1.807) is 0 Å². The predicted molar refractivity (Wildman–Crippen MR) is 66.8 cm³/mol. The maximum atomic E-state index is 11.5. The lowest BCUT2D eigenvalue weighted by molar-refractivity contribution is -0.384. The van der Waals surface area contributed by atoms with Crippen LogP contribution < -0.4 is 4.90 Å². The molecule has 0 spiro atoms. The van der Waals surface area contributed by atoms with E-state index < -0.39 is 17.0 Å². The summed E-state index contributed by atoms with van der Waals surface area (Å²) in [5.74, 6) is -0.739. The first-order valence-electron chi connectivity index (χ1n) is 4.74. The molecule has 0 unspecified atom stereocenters. The molecule has 0 saturated carbocycles. The number of nitro groups is 1. The van der Waals surface area contributed by atoms with Crippen LogP contribution in [0.25, 0.3) is 0 Å². The molecule has 7 nitrogen and oxygen atoms in total. The summed E-state index contributed by atoms with van der Waals surface area (Å²) >= 11 is 2.84. The molecule has 0 fully saturated rings. The SMILES string of the molecule is CN(C(=O)OC(=O)CBr)c1cccc([N+](=O)[O-])c1. The molecule has 18 heavy (non-hydrogen) atoms. The van der Waals surface area contributed by atoms with Crippen molar-refractivity contribution in [3.05, 3.63) is 34.4 Å². The highest BCUT2D eigenvalue weighted by molar-refractivity contribution is 9.09. The molecule has 0 aliphatic carbocycles. The smallest absolute Gasteiger partial charge is 0.375 e. The molecule has 8 heteroatoms. The first-order valence-corrected chi connectivity index (χ1v) is 5.86. The number of non-ortho nitro benzene ring substituents is 1. The average Bonchev–Trinajstić information content (AvgIpc) is 2.37. The van der Waals surface area contributed by atoms with Gasteiger partial charge in [0.2, 0.25) is 0 Å². The molecule has 0 bridgehead atoms. The van der Waals surface area contributed by atoms with E-state index in [4.69, 9.17) is 0 Å². The molecule has 1 aromatic rings. The third-order valence-corrected chi connectivity index (χ3v) is 2.47. The van der Waals surface area contributed by atoms with Crippen LogP contribution in [0.2, 0.25) is 0 Å². The van der Waals surface area contributed by atoms with Gasteiger partial charge in [-0.1, -0.05) is 22.0 Å². The minimum atomic E-state index is -0.903. The van der Waals surface area contributed by atoms with Gasteiger partial charge in [-0.25, -0.2) is 4.79 Å². The molecule has 0 N–H and O–H groups in total. The Morgan fingerprint density at radius 2 is 2.17 bits per heavy atom. The van der Waals surface area contributed by atoms with Crippen LogP contribution in [-0.2, 0) is 9.53 Å². The van der Waals surface area contributed by atoms with E-state index in [1.165, 1.54) is 31.3 Å². The minimum absolute atomic E-state index is 0.110. The molecule has 0 aromatic heterocycles. The second kappa shape index (κ2) is 6.10. The topological polar surface area (TPSA) is 89.8 Å². The van der Waals surface area contributed by atoms with Crippen molar-refractivity contribution >= 4 is 39.4 Å². The van der Waals surface area contributed by atoms with Crippen LogP contribution in [0.4, 0.5) is 16.2 Å². The van der Waals surface area contributed by atoms with Crippen LogP contribution in [0.1, 0.15) is 0 Å². The number of alkyl halides is 1. The summed E-state index contributed by atoms with van der Waals surface area (Å²) in [4.78, 5) is 33.4. The van der Waals surface area contributed by atoms with Gasteiger partial charge in [0.25, 0.3) is 5.69 Å². The molecule has 1 amide bonds. The van der Waals surface area contributed by atoms with Crippen LogP contribution in [0.15, 0.2) is 24.3 Å². The number of ether oxygens (including phenoxy) is 1. The Hall–Kier alpha value is -1.96. The van der Waals surface area contributed by atoms with Crippen molar-refractivity contribution in [3.8, 4) is 0 Å². The van der Waals surface area contributed by atoms with E-state index >= 15 is 0 Å². The highest BCUT2D eigenvalue weighted by atomic mass is 79.9. The van der Waals surface area contributed by atoms with Crippen LogP contribution in [0, 0.1) is 10.1 Å². The Morgan fingerprint density at radius 1 is 1.50 bits per heavy atom. The number of rotatable bonds is 3. The highest BCUT2D eigenvalue weighted by Crippen LogP contribution is 2.20. The van der Waals surface area contributed by atoms with Crippen molar-refractivity contribution in [2.45, 2.75) is 0 Å². The molecule has 0 radical (unpaired) electrons. The highest BCUT2D eigenvalue weighted by Gasteiger charge is 2.17. The first-order chi connectivity index (χ1) is 8.45. The molecule has 0 saturated heterocycles. The van der Waals surface area contributed by atoms with Gasteiger partial charge >= 0.3 is 12.1 Å². The fraction of sp³-hybridized carbons (Fsp3) is 0.200. The number of benzene rings is 1. The molecule has 96 valence electrons. The zero-order valence-electron chi connectivity index (χ0n) is 9.33. The number of hydrogen-bond donors (Lipinski definition) is 0. The number of carbonyl (C=O) groups excluding carboxylic acids is 2. The Kier molecular flexibility index (Phi) is 4.78. The van der Waals surface area contributed by atoms with E-state index in [1.807, 2.05) is 0 Å². The number of amides is 1. The molecular formula is C10H9BrN2O5. The van der Waals surface area contributed by atoms with Gasteiger partial charge in [0.05, 0.1) is 10.6 Å². The van der Waals surface area contributed by atoms with E-state index in [0.29, 0.717) is 0 Å². The minimum Gasteiger partial charge on any atom is -0.375 e. The first kappa shape index (κ1) is 14.1. The largest absolute Gasteiger partial charge is 0.421 e. The summed E-state index contributed by atoms with van der Waals surface area (Å²) < 4.78 is 4.45. The van der Waals surface area contributed by atoms with Crippen molar-refractivity contribution in [3.63, 3.8) is 0 Å². The van der Waals surface area contributed by atoms with Gasteiger partial charge in [-0.2, -0.15) is 0 Å². The van der Waals surface area contributed by atoms with Crippen LogP contribution in [0.3, 0.4) is 0 Å². The summed E-state index contributed by atoms with van der Waals surface area (Å²) in [6, 6.07) is 5.43. The second-order valence-electron chi connectivity index (χ2n) is 3.21. The summed E-state index contributed by atoms with van der Waals surface area (Å²) in [7, 11) is 1.35. The predicted octanol–water partition coefficient (Wildman–Crippen LogP) is 2.09. The van der Waals surface area contributed by atoms with Gasteiger partial charge < -0.3 is 4.74 Å². The summed E-state index contributed by atoms with van der Waals surface area (Å²) in [5.41, 5.74) is 0.107. The Balaban J connectivity index is 2.86. The fourth-order valence-corrected chi connectivity index (χ4v) is 1.23. The van der Waals surface area contributed by atoms with Gasteiger partial charge in [0.1, 0.15) is 5.33 Å². The van der Waals surface area contributed by atoms with E-state index in [9.17, 15) is 19.7 Å².